The second-order valence-electron chi connectivity index (χ2n) is 3.91. The fraction of sp³-hybridized carbons (Fsp3) is 0.750. The van der Waals surface area contributed by atoms with Crippen molar-refractivity contribution in [2.45, 2.75) is 32.7 Å². The van der Waals surface area contributed by atoms with Crippen LogP contribution >= 0.6 is 0 Å². The van der Waals surface area contributed by atoms with Crippen LogP contribution in [0.15, 0.2) is 0 Å². The van der Waals surface area contributed by atoms with E-state index in [4.69, 9.17) is 5.11 Å². The van der Waals surface area contributed by atoms with Crippen molar-refractivity contribution in [3.8, 4) is 0 Å². The third-order valence-corrected chi connectivity index (χ3v) is 1.21. The topological polar surface area (TPSA) is 90.5 Å². The Morgan fingerprint density at radius 3 is 2.29 bits per heavy atom. The Morgan fingerprint density at radius 2 is 1.86 bits per heavy atom. The maximum Gasteiger partial charge on any atom is 0.404 e. The second kappa shape index (κ2) is 5.43. The zero-order chi connectivity index (χ0) is 11.2. The Labute approximate surface area is 83.0 Å². The molecular weight excluding hydrogens is 186 g/mol. The number of amides is 2. The van der Waals surface area contributed by atoms with E-state index >= 15 is 0 Å². The standard InChI is InChI=1S/C8H17N3O3/c1-8(2,3)11-10-6(12)4-5-9-7(13)14/h9,11H,4-5H2,1-3H3,(H,10,12)(H,13,14). The smallest absolute Gasteiger partial charge is 0.404 e. The van der Waals surface area contributed by atoms with Crippen LogP contribution in [0.2, 0.25) is 0 Å². The highest BCUT2D eigenvalue weighted by Gasteiger charge is 2.10. The lowest BCUT2D eigenvalue weighted by Gasteiger charge is -2.20. The molecule has 0 aromatic carbocycles. The molecule has 0 unspecified atom stereocenters. The third-order valence-electron chi connectivity index (χ3n) is 1.21. The van der Waals surface area contributed by atoms with Crippen molar-refractivity contribution in [1.29, 1.82) is 0 Å². The molecule has 0 spiro atoms. The minimum Gasteiger partial charge on any atom is -0.465 e. The summed E-state index contributed by atoms with van der Waals surface area (Å²) in [6.45, 7) is 5.83. The molecule has 0 fully saturated rings. The van der Waals surface area contributed by atoms with Gasteiger partial charge < -0.3 is 10.4 Å². The monoisotopic (exact) mass is 203 g/mol. The Balaban J connectivity index is 3.52. The minimum absolute atomic E-state index is 0.118. The minimum atomic E-state index is -1.12. The number of hydrogen-bond donors (Lipinski definition) is 4. The number of carbonyl (C=O) groups is 2. The largest absolute Gasteiger partial charge is 0.465 e. The lowest BCUT2D eigenvalue weighted by atomic mass is 10.1. The number of hydrazine groups is 1. The van der Waals surface area contributed by atoms with Crippen LogP contribution in [0.4, 0.5) is 4.79 Å². The Kier molecular flexibility index (Phi) is 4.93. The van der Waals surface area contributed by atoms with Gasteiger partial charge in [-0.3, -0.25) is 10.2 Å². The first-order valence-electron chi connectivity index (χ1n) is 4.34. The Morgan fingerprint density at radius 1 is 1.29 bits per heavy atom. The fourth-order valence-corrected chi connectivity index (χ4v) is 0.603. The zero-order valence-corrected chi connectivity index (χ0v) is 8.68. The Hall–Kier alpha value is -1.30. The first-order chi connectivity index (χ1) is 6.31. The van der Waals surface area contributed by atoms with Crippen LogP contribution in [0.1, 0.15) is 27.2 Å². The fourth-order valence-electron chi connectivity index (χ4n) is 0.603. The highest BCUT2D eigenvalue weighted by molar-refractivity contribution is 5.76. The normalized spacial score (nSPS) is 10.8. The summed E-state index contributed by atoms with van der Waals surface area (Å²) in [5, 5.41) is 10.3. The van der Waals surface area contributed by atoms with Gasteiger partial charge in [-0.15, -0.1) is 0 Å². The molecule has 6 nitrogen and oxygen atoms in total. The van der Waals surface area contributed by atoms with Gasteiger partial charge in [0.2, 0.25) is 5.91 Å². The first kappa shape index (κ1) is 12.7. The van der Waals surface area contributed by atoms with Gasteiger partial charge in [-0.25, -0.2) is 10.2 Å². The van der Waals surface area contributed by atoms with Crippen LogP contribution in [-0.2, 0) is 4.79 Å². The van der Waals surface area contributed by atoms with Crippen LogP contribution < -0.4 is 16.2 Å². The molecule has 0 aromatic rings. The molecule has 0 aliphatic heterocycles. The average Bonchev–Trinajstić information content (AvgIpc) is 1.99. The number of carbonyl (C=O) groups excluding carboxylic acids is 1. The summed E-state index contributed by atoms with van der Waals surface area (Å²) in [6, 6.07) is 0. The molecule has 0 rings (SSSR count). The second-order valence-corrected chi connectivity index (χ2v) is 3.91. The van der Waals surface area contributed by atoms with Crippen LogP contribution in [0.25, 0.3) is 0 Å². The summed E-state index contributed by atoms with van der Waals surface area (Å²) >= 11 is 0. The molecule has 2 amide bonds. The van der Waals surface area contributed by atoms with Crippen molar-refractivity contribution in [2.75, 3.05) is 6.54 Å². The number of carboxylic acid groups (broad SMARTS) is 1. The predicted molar refractivity (Wildman–Crippen MR) is 51.7 cm³/mol. The summed E-state index contributed by atoms with van der Waals surface area (Å²) in [5.74, 6) is -0.242. The van der Waals surface area contributed by atoms with Gasteiger partial charge in [-0.2, -0.15) is 0 Å². The quantitative estimate of drug-likeness (QED) is 0.486. The molecule has 14 heavy (non-hydrogen) atoms. The van der Waals surface area contributed by atoms with Crippen molar-refractivity contribution in [3.05, 3.63) is 0 Å². The molecule has 4 N–H and O–H groups in total. The summed E-state index contributed by atoms with van der Waals surface area (Å²) in [6.07, 6.45) is -1.00. The van der Waals surface area contributed by atoms with Crippen molar-refractivity contribution in [2.24, 2.45) is 0 Å². The zero-order valence-electron chi connectivity index (χ0n) is 8.68. The summed E-state index contributed by atoms with van der Waals surface area (Å²) in [4.78, 5) is 21.1. The lowest BCUT2D eigenvalue weighted by Crippen LogP contribution is -2.49. The highest BCUT2D eigenvalue weighted by atomic mass is 16.4. The van der Waals surface area contributed by atoms with E-state index in [0.717, 1.165) is 0 Å². The lowest BCUT2D eigenvalue weighted by molar-refractivity contribution is -0.122. The van der Waals surface area contributed by atoms with E-state index in [1.54, 1.807) is 0 Å². The molecular formula is C8H17N3O3. The van der Waals surface area contributed by atoms with Crippen molar-refractivity contribution < 1.29 is 14.7 Å². The first-order valence-corrected chi connectivity index (χ1v) is 4.34. The van der Waals surface area contributed by atoms with Crippen LogP contribution in [0, 0.1) is 0 Å². The average molecular weight is 203 g/mol. The summed E-state index contributed by atoms with van der Waals surface area (Å²) in [7, 11) is 0. The van der Waals surface area contributed by atoms with Gasteiger partial charge in [-0.05, 0) is 20.8 Å². The van der Waals surface area contributed by atoms with E-state index in [1.807, 2.05) is 20.8 Å². The van der Waals surface area contributed by atoms with E-state index in [9.17, 15) is 9.59 Å². The van der Waals surface area contributed by atoms with Crippen molar-refractivity contribution >= 4 is 12.0 Å². The molecule has 0 bridgehead atoms. The van der Waals surface area contributed by atoms with Gasteiger partial charge in [0.15, 0.2) is 0 Å². The molecule has 0 heterocycles. The maximum absolute atomic E-state index is 11.1. The molecule has 6 heteroatoms. The molecule has 0 aliphatic carbocycles. The molecule has 0 aromatic heterocycles. The highest BCUT2D eigenvalue weighted by Crippen LogP contribution is 1.95. The molecule has 0 radical (unpaired) electrons. The summed E-state index contributed by atoms with van der Waals surface area (Å²) in [5.41, 5.74) is 5.06. The summed E-state index contributed by atoms with van der Waals surface area (Å²) < 4.78 is 0. The van der Waals surface area contributed by atoms with E-state index < -0.39 is 6.09 Å². The van der Waals surface area contributed by atoms with E-state index in [2.05, 4.69) is 16.2 Å². The van der Waals surface area contributed by atoms with Gasteiger partial charge in [0.1, 0.15) is 0 Å². The third kappa shape index (κ3) is 8.79. The van der Waals surface area contributed by atoms with Gasteiger partial charge in [0.05, 0.1) is 0 Å². The van der Waals surface area contributed by atoms with E-state index in [0.29, 0.717) is 0 Å². The molecule has 0 aliphatic rings. The van der Waals surface area contributed by atoms with Crippen LogP contribution in [0.3, 0.4) is 0 Å². The number of rotatable bonds is 4. The van der Waals surface area contributed by atoms with Crippen molar-refractivity contribution in [3.63, 3.8) is 0 Å². The van der Waals surface area contributed by atoms with Gasteiger partial charge in [0.25, 0.3) is 0 Å². The number of hydrogen-bond acceptors (Lipinski definition) is 3. The molecule has 0 saturated heterocycles. The number of nitrogens with one attached hydrogen (secondary N) is 3. The van der Waals surface area contributed by atoms with Gasteiger partial charge in [-0.1, -0.05) is 0 Å². The van der Waals surface area contributed by atoms with Gasteiger partial charge >= 0.3 is 6.09 Å². The van der Waals surface area contributed by atoms with E-state index in [1.165, 1.54) is 0 Å². The molecule has 0 saturated carbocycles. The van der Waals surface area contributed by atoms with Crippen LogP contribution in [-0.4, -0.2) is 29.2 Å². The molecule has 82 valence electrons. The Bertz CT molecular complexity index is 210. The van der Waals surface area contributed by atoms with E-state index in [-0.39, 0.29) is 24.4 Å². The SMILES string of the molecule is CC(C)(C)NNC(=O)CCNC(=O)O. The predicted octanol–water partition coefficient (Wildman–Crippen LogP) is 0.0634. The molecule has 0 atom stereocenters. The maximum atomic E-state index is 11.1. The van der Waals surface area contributed by atoms with Crippen LogP contribution in [0.5, 0.6) is 0 Å². The van der Waals surface area contributed by atoms with Crippen molar-refractivity contribution in [1.82, 2.24) is 16.2 Å². The van der Waals surface area contributed by atoms with Gasteiger partial charge in [0, 0.05) is 18.5 Å².